The molecule has 4 fully saturated rings. The van der Waals surface area contributed by atoms with Gasteiger partial charge in [0.25, 0.3) is 0 Å². The van der Waals surface area contributed by atoms with E-state index in [0.29, 0.717) is 17.8 Å². The van der Waals surface area contributed by atoms with Gasteiger partial charge in [0.1, 0.15) is 0 Å². The molecule has 3 heteroatoms. The van der Waals surface area contributed by atoms with Crippen molar-refractivity contribution in [2.75, 3.05) is 0 Å². The molecule has 78 valence electrons. The molecule has 0 aromatic heterocycles. The summed E-state index contributed by atoms with van der Waals surface area (Å²) in [6.45, 7) is 2.31. The fourth-order valence-corrected chi connectivity index (χ4v) is 4.46. The summed E-state index contributed by atoms with van der Waals surface area (Å²) >= 11 is 0. The van der Waals surface area contributed by atoms with Crippen molar-refractivity contribution in [1.82, 2.24) is 0 Å². The Labute approximate surface area is 84.0 Å². The molecule has 4 aliphatic carbocycles. The van der Waals surface area contributed by atoms with Gasteiger partial charge in [0, 0.05) is 24.2 Å². The normalized spacial score (nSPS) is 54.9. The molecule has 0 heterocycles. The molecule has 3 nitrogen and oxygen atoms in total. The Balaban J connectivity index is 1.96. The highest BCUT2D eigenvalue weighted by atomic mass is 16.6. The van der Waals surface area contributed by atoms with Gasteiger partial charge in [-0.25, -0.2) is 0 Å². The molecule has 0 spiro atoms. The molecule has 2 unspecified atom stereocenters. The minimum absolute atomic E-state index is 0.0458. The molecule has 0 aromatic rings. The first-order valence-electron chi connectivity index (χ1n) is 5.75. The molecule has 4 rings (SSSR count). The van der Waals surface area contributed by atoms with Crippen LogP contribution in [-0.2, 0) is 0 Å². The maximum absolute atomic E-state index is 11.2. The summed E-state index contributed by atoms with van der Waals surface area (Å²) in [5.74, 6) is 2.74. The van der Waals surface area contributed by atoms with Crippen molar-refractivity contribution in [3.63, 3.8) is 0 Å². The second kappa shape index (κ2) is 2.50. The third kappa shape index (κ3) is 0.931. The summed E-state index contributed by atoms with van der Waals surface area (Å²) in [6.07, 6.45) is 5.16. The molecule has 0 aromatic carbocycles. The van der Waals surface area contributed by atoms with Crippen LogP contribution in [0.3, 0.4) is 0 Å². The Kier molecular flexibility index (Phi) is 1.55. The fourth-order valence-electron chi connectivity index (χ4n) is 4.46. The van der Waals surface area contributed by atoms with Gasteiger partial charge >= 0.3 is 0 Å². The van der Waals surface area contributed by atoms with E-state index in [9.17, 15) is 10.1 Å². The zero-order valence-electron chi connectivity index (χ0n) is 8.61. The number of rotatable bonds is 1. The molecular formula is C11H17NO2. The molecule has 0 amide bonds. The van der Waals surface area contributed by atoms with E-state index in [1.807, 2.05) is 0 Å². The number of nitrogens with zero attached hydrogens (tertiary/aromatic N) is 1. The molecular weight excluding hydrogens is 178 g/mol. The molecule has 4 aliphatic rings. The topological polar surface area (TPSA) is 43.1 Å². The third-order valence-electron chi connectivity index (χ3n) is 5.10. The van der Waals surface area contributed by atoms with Crippen LogP contribution in [0.15, 0.2) is 0 Å². The third-order valence-corrected chi connectivity index (χ3v) is 5.10. The maximum atomic E-state index is 11.2. The van der Waals surface area contributed by atoms with E-state index in [-0.39, 0.29) is 4.92 Å². The summed E-state index contributed by atoms with van der Waals surface area (Å²) in [5, 5.41) is 11.2. The van der Waals surface area contributed by atoms with Gasteiger partial charge in [0.2, 0.25) is 5.54 Å². The first-order chi connectivity index (χ1) is 6.61. The summed E-state index contributed by atoms with van der Waals surface area (Å²) < 4.78 is 0. The van der Waals surface area contributed by atoms with Crippen molar-refractivity contribution >= 4 is 0 Å². The highest BCUT2D eigenvalue weighted by Crippen LogP contribution is 2.59. The minimum Gasteiger partial charge on any atom is -0.264 e. The van der Waals surface area contributed by atoms with Crippen LogP contribution in [0, 0.1) is 33.8 Å². The van der Waals surface area contributed by atoms with E-state index in [0.717, 1.165) is 25.2 Å². The predicted molar refractivity (Wildman–Crippen MR) is 52.4 cm³/mol. The molecule has 14 heavy (non-hydrogen) atoms. The number of hydrogen-bond acceptors (Lipinski definition) is 2. The summed E-state index contributed by atoms with van der Waals surface area (Å²) in [4.78, 5) is 11.2. The molecule has 0 saturated heterocycles. The largest absolute Gasteiger partial charge is 0.264 e. The van der Waals surface area contributed by atoms with Crippen molar-refractivity contribution < 1.29 is 4.92 Å². The van der Waals surface area contributed by atoms with E-state index in [4.69, 9.17) is 0 Å². The molecule has 0 aliphatic heterocycles. The van der Waals surface area contributed by atoms with Crippen LogP contribution in [0.1, 0.15) is 39.0 Å². The molecule has 4 saturated carbocycles. The fraction of sp³-hybridized carbons (Fsp3) is 1.00. The van der Waals surface area contributed by atoms with Gasteiger partial charge < -0.3 is 0 Å². The smallest absolute Gasteiger partial charge is 0.223 e. The van der Waals surface area contributed by atoms with Crippen LogP contribution < -0.4 is 0 Å². The highest BCUT2D eigenvalue weighted by Gasteiger charge is 2.60. The summed E-state index contributed by atoms with van der Waals surface area (Å²) in [6, 6.07) is 0. The minimum atomic E-state index is -0.497. The van der Waals surface area contributed by atoms with Gasteiger partial charge in [-0.1, -0.05) is 6.92 Å². The second-order valence-electron chi connectivity index (χ2n) is 5.81. The average Bonchev–Trinajstić information content (AvgIpc) is 2.12. The van der Waals surface area contributed by atoms with E-state index in [2.05, 4.69) is 6.92 Å². The molecule has 0 radical (unpaired) electrons. The second-order valence-corrected chi connectivity index (χ2v) is 5.81. The Morgan fingerprint density at radius 2 is 1.79 bits per heavy atom. The van der Waals surface area contributed by atoms with Gasteiger partial charge in [-0.15, -0.1) is 0 Å². The van der Waals surface area contributed by atoms with Crippen molar-refractivity contribution in [2.45, 2.75) is 44.6 Å². The lowest BCUT2D eigenvalue weighted by molar-refractivity contribution is -0.590. The van der Waals surface area contributed by atoms with Gasteiger partial charge in [-0.3, -0.25) is 10.1 Å². The zero-order chi connectivity index (χ0) is 9.92. The Morgan fingerprint density at radius 1 is 1.21 bits per heavy atom. The summed E-state index contributed by atoms with van der Waals surface area (Å²) in [5.41, 5.74) is -0.497. The highest BCUT2D eigenvalue weighted by molar-refractivity contribution is 5.04. The average molecular weight is 195 g/mol. The quantitative estimate of drug-likeness (QED) is 0.476. The lowest BCUT2D eigenvalue weighted by atomic mass is 9.49. The van der Waals surface area contributed by atoms with Crippen LogP contribution in [0.4, 0.5) is 0 Å². The van der Waals surface area contributed by atoms with Crippen LogP contribution >= 0.6 is 0 Å². The zero-order valence-corrected chi connectivity index (χ0v) is 8.61. The lowest BCUT2D eigenvalue weighted by Crippen LogP contribution is -2.57. The van der Waals surface area contributed by atoms with E-state index in [1.54, 1.807) is 0 Å². The Bertz CT molecular complexity index is 273. The standard InChI is InChI=1S/C11H17NO2/c1-7-9-2-8-3-10(7)6-11(4-8,5-9)12(13)14/h7-10H,2-6H2,1H3. The van der Waals surface area contributed by atoms with Crippen LogP contribution in [0.5, 0.6) is 0 Å². The van der Waals surface area contributed by atoms with E-state index >= 15 is 0 Å². The molecule has 2 atom stereocenters. The van der Waals surface area contributed by atoms with Crippen LogP contribution in [0.25, 0.3) is 0 Å². The number of hydrogen-bond donors (Lipinski definition) is 0. The first kappa shape index (κ1) is 8.69. The maximum Gasteiger partial charge on any atom is 0.223 e. The van der Waals surface area contributed by atoms with Crippen molar-refractivity contribution in [2.24, 2.45) is 23.7 Å². The lowest BCUT2D eigenvalue weighted by Gasteiger charge is -2.54. The van der Waals surface area contributed by atoms with Crippen molar-refractivity contribution in [1.29, 1.82) is 0 Å². The molecule has 4 bridgehead atoms. The number of nitro groups is 1. The van der Waals surface area contributed by atoms with Crippen molar-refractivity contribution in [3.05, 3.63) is 10.1 Å². The van der Waals surface area contributed by atoms with E-state index in [1.165, 1.54) is 12.8 Å². The van der Waals surface area contributed by atoms with Gasteiger partial charge in [0.05, 0.1) is 0 Å². The molecule has 0 N–H and O–H groups in total. The van der Waals surface area contributed by atoms with Gasteiger partial charge in [0.15, 0.2) is 0 Å². The van der Waals surface area contributed by atoms with Crippen molar-refractivity contribution in [3.8, 4) is 0 Å². The Hall–Kier alpha value is -0.600. The predicted octanol–water partition coefficient (Wildman–Crippen LogP) is 2.48. The SMILES string of the molecule is CC1C2CC3CC1CC([N+](=O)[O-])(C3)C2. The first-order valence-corrected chi connectivity index (χ1v) is 5.75. The monoisotopic (exact) mass is 195 g/mol. The summed E-state index contributed by atoms with van der Waals surface area (Å²) in [7, 11) is 0. The van der Waals surface area contributed by atoms with E-state index < -0.39 is 5.54 Å². The van der Waals surface area contributed by atoms with Crippen LogP contribution in [-0.4, -0.2) is 10.5 Å². The van der Waals surface area contributed by atoms with Crippen LogP contribution in [0.2, 0.25) is 0 Å². The van der Waals surface area contributed by atoms with Gasteiger partial charge in [-0.05, 0) is 36.5 Å². The Morgan fingerprint density at radius 3 is 2.29 bits per heavy atom. The van der Waals surface area contributed by atoms with Gasteiger partial charge in [-0.2, -0.15) is 0 Å².